The van der Waals surface area contributed by atoms with Crippen molar-refractivity contribution in [3.8, 4) is 5.75 Å². The van der Waals surface area contributed by atoms with Crippen molar-refractivity contribution in [1.29, 1.82) is 0 Å². The number of aromatic hydroxyl groups is 1. The molecule has 1 atom stereocenters. The fraction of sp³-hybridized carbons (Fsp3) is 0.400. The zero-order chi connectivity index (χ0) is 9.14. The van der Waals surface area contributed by atoms with Crippen LogP contribution in [0.3, 0.4) is 0 Å². The smallest absolute Gasteiger partial charge is 0.119 e. The van der Waals surface area contributed by atoms with Gasteiger partial charge in [-0.1, -0.05) is 24.6 Å². The van der Waals surface area contributed by atoms with E-state index in [9.17, 15) is 5.11 Å². The molecular weight excluding hydrogens is 152 g/mol. The topological polar surface area (TPSA) is 40.5 Å². The lowest BCUT2D eigenvalue weighted by Gasteiger charge is -2.10. The van der Waals surface area contributed by atoms with Crippen molar-refractivity contribution >= 4 is 0 Å². The number of aryl methyl sites for hydroxylation is 1. The third-order valence-corrected chi connectivity index (χ3v) is 1.99. The zero-order valence-electron chi connectivity index (χ0n) is 7.41. The summed E-state index contributed by atoms with van der Waals surface area (Å²) in [5, 5.41) is 18.3. The summed E-state index contributed by atoms with van der Waals surface area (Å²) in [6.45, 7) is 3.92. The fourth-order valence-corrected chi connectivity index (χ4v) is 1.17. The first kappa shape index (κ1) is 9.07. The second-order valence-electron chi connectivity index (χ2n) is 3.15. The van der Waals surface area contributed by atoms with Crippen LogP contribution in [0.1, 0.15) is 24.0 Å². The average molecular weight is 166 g/mol. The van der Waals surface area contributed by atoms with E-state index < -0.39 is 0 Å². The Balaban J connectivity index is 3.04. The Morgan fingerprint density at radius 2 is 2.08 bits per heavy atom. The first-order chi connectivity index (χ1) is 5.65. The van der Waals surface area contributed by atoms with E-state index in [0.29, 0.717) is 0 Å². The summed E-state index contributed by atoms with van der Waals surface area (Å²) in [4.78, 5) is 0. The highest BCUT2D eigenvalue weighted by molar-refractivity contribution is 5.37. The molecular formula is C10H14O2. The van der Waals surface area contributed by atoms with Crippen LogP contribution in [0.5, 0.6) is 5.75 Å². The summed E-state index contributed by atoms with van der Waals surface area (Å²) in [6, 6.07) is 5.41. The lowest BCUT2D eigenvalue weighted by atomic mass is 9.99. The summed E-state index contributed by atoms with van der Waals surface area (Å²) < 4.78 is 0. The van der Waals surface area contributed by atoms with Crippen molar-refractivity contribution in [3.63, 3.8) is 0 Å². The average Bonchev–Trinajstić information content (AvgIpc) is 2.08. The highest BCUT2D eigenvalue weighted by atomic mass is 16.3. The second kappa shape index (κ2) is 3.59. The molecule has 12 heavy (non-hydrogen) atoms. The van der Waals surface area contributed by atoms with E-state index >= 15 is 0 Å². The Kier molecular flexibility index (Phi) is 2.71. The molecule has 0 radical (unpaired) electrons. The van der Waals surface area contributed by atoms with Gasteiger partial charge in [0.1, 0.15) is 5.75 Å². The minimum absolute atomic E-state index is 0.00454. The molecule has 0 bridgehead atoms. The van der Waals surface area contributed by atoms with Crippen LogP contribution in [0, 0.1) is 6.92 Å². The number of hydrogen-bond acceptors (Lipinski definition) is 2. The van der Waals surface area contributed by atoms with Crippen LogP contribution >= 0.6 is 0 Å². The molecule has 2 heteroatoms. The SMILES string of the molecule is Cc1ccc(O)c(C(C)CO)c1. The largest absolute Gasteiger partial charge is 0.508 e. The number of hydrogen-bond donors (Lipinski definition) is 2. The van der Waals surface area contributed by atoms with Gasteiger partial charge < -0.3 is 10.2 Å². The molecule has 2 nitrogen and oxygen atoms in total. The first-order valence-corrected chi connectivity index (χ1v) is 4.05. The van der Waals surface area contributed by atoms with Gasteiger partial charge in [-0.3, -0.25) is 0 Å². The third kappa shape index (κ3) is 1.77. The van der Waals surface area contributed by atoms with Gasteiger partial charge in [-0.25, -0.2) is 0 Å². The van der Waals surface area contributed by atoms with Gasteiger partial charge in [0.25, 0.3) is 0 Å². The lowest BCUT2D eigenvalue weighted by molar-refractivity contribution is 0.270. The molecule has 0 fully saturated rings. The van der Waals surface area contributed by atoms with Gasteiger partial charge in [-0.15, -0.1) is 0 Å². The Morgan fingerprint density at radius 1 is 1.42 bits per heavy atom. The van der Waals surface area contributed by atoms with E-state index in [1.54, 1.807) is 6.07 Å². The minimum atomic E-state index is 0.00454. The molecule has 0 saturated heterocycles. The number of aliphatic hydroxyl groups excluding tert-OH is 1. The summed E-state index contributed by atoms with van der Waals surface area (Å²) in [5.41, 5.74) is 1.92. The number of aliphatic hydroxyl groups is 1. The van der Waals surface area contributed by atoms with Crippen LogP contribution in [-0.4, -0.2) is 16.8 Å². The van der Waals surface area contributed by atoms with Gasteiger partial charge in [0.05, 0.1) is 0 Å². The maximum Gasteiger partial charge on any atom is 0.119 e. The maximum atomic E-state index is 9.43. The molecule has 1 rings (SSSR count). The van der Waals surface area contributed by atoms with Crippen LogP contribution in [0.2, 0.25) is 0 Å². The maximum absolute atomic E-state index is 9.43. The number of phenolic OH excluding ortho intramolecular Hbond substituents is 1. The molecule has 0 heterocycles. The quantitative estimate of drug-likeness (QED) is 0.703. The predicted molar refractivity (Wildman–Crippen MR) is 48.3 cm³/mol. The molecule has 0 aromatic heterocycles. The molecule has 66 valence electrons. The van der Waals surface area contributed by atoms with Gasteiger partial charge in [-0.2, -0.15) is 0 Å². The van der Waals surface area contributed by atoms with Crippen molar-refractivity contribution in [2.45, 2.75) is 19.8 Å². The van der Waals surface area contributed by atoms with Gasteiger partial charge in [-0.05, 0) is 18.6 Å². The standard InChI is InChI=1S/C10H14O2/c1-7-3-4-10(12)9(5-7)8(2)6-11/h3-5,8,11-12H,6H2,1-2H3. The second-order valence-corrected chi connectivity index (χ2v) is 3.15. The van der Waals surface area contributed by atoms with Crippen LogP contribution in [-0.2, 0) is 0 Å². The first-order valence-electron chi connectivity index (χ1n) is 4.05. The Hall–Kier alpha value is -1.02. The van der Waals surface area contributed by atoms with Gasteiger partial charge in [0.15, 0.2) is 0 Å². The van der Waals surface area contributed by atoms with Crippen molar-refractivity contribution in [2.75, 3.05) is 6.61 Å². The molecule has 2 N–H and O–H groups in total. The van der Waals surface area contributed by atoms with E-state index in [1.165, 1.54) is 0 Å². The van der Waals surface area contributed by atoms with E-state index in [4.69, 9.17) is 5.11 Å². The van der Waals surface area contributed by atoms with Crippen LogP contribution in [0.25, 0.3) is 0 Å². The molecule has 1 aromatic carbocycles. The van der Waals surface area contributed by atoms with E-state index in [0.717, 1.165) is 11.1 Å². The summed E-state index contributed by atoms with van der Waals surface area (Å²) in [7, 11) is 0. The monoisotopic (exact) mass is 166 g/mol. The van der Waals surface area contributed by atoms with Crippen molar-refractivity contribution in [3.05, 3.63) is 29.3 Å². The fourth-order valence-electron chi connectivity index (χ4n) is 1.17. The summed E-state index contributed by atoms with van der Waals surface area (Å²) in [5.74, 6) is 0.270. The molecule has 0 aliphatic carbocycles. The minimum Gasteiger partial charge on any atom is -0.508 e. The highest BCUT2D eigenvalue weighted by Crippen LogP contribution is 2.25. The Labute approximate surface area is 72.5 Å². The zero-order valence-corrected chi connectivity index (χ0v) is 7.41. The number of phenols is 1. The van der Waals surface area contributed by atoms with E-state index in [-0.39, 0.29) is 18.3 Å². The molecule has 0 spiro atoms. The predicted octanol–water partition coefficient (Wildman–Crippen LogP) is 1.80. The van der Waals surface area contributed by atoms with Crippen molar-refractivity contribution < 1.29 is 10.2 Å². The van der Waals surface area contributed by atoms with Gasteiger partial charge >= 0.3 is 0 Å². The Morgan fingerprint density at radius 3 is 2.67 bits per heavy atom. The molecule has 1 unspecified atom stereocenters. The summed E-state index contributed by atoms with van der Waals surface area (Å²) in [6.07, 6.45) is 0. The highest BCUT2D eigenvalue weighted by Gasteiger charge is 2.08. The van der Waals surface area contributed by atoms with E-state index in [1.807, 2.05) is 26.0 Å². The third-order valence-electron chi connectivity index (χ3n) is 1.99. The molecule has 0 aliphatic rings. The van der Waals surface area contributed by atoms with Gasteiger partial charge in [0.2, 0.25) is 0 Å². The van der Waals surface area contributed by atoms with E-state index in [2.05, 4.69) is 0 Å². The van der Waals surface area contributed by atoms with Crippen LogP contribution in [0.4, 0.5) is 0 Å². The normalized spacial score (nSPS) is 12.9. The molecule has 0 amide bonds. The van der Waals surface area contributed by atoms with Crippen molar-refractivity contribution in [2.24, 2.45) is 0 Å². The van der Waals surface area contributed by atoms with Crippen LogP contribution < -0.4 is 0 Å². The lowest BCUT2D eigenvalue weighted by Crippen LogP contribution is -1.99. The number of rotatable bonds is 2. The van der Waals surface area contributed by atoms with Crippen molar-refractivity contribution in [1.82, 2.24) is 0 Å². The molecule has 0 aliphatic heterocycles. The molecule has 0 saturated carbocycles. The summed E-state index contributed by atoms with van der Waals surface area (Å²) >= 11 is 0. The molecule has 1 aromatic rings. The van der Waals surface area contributed by atoms with Crippen LogP contribution in [0.15, 0.2) is 18.2 Å². The van der Waals surface area contributed by atoms with Gasteiger partial charge in [0, 0.05) is 12.5 Å². The Bertz CT molecular complexity index is 269. The number of benzene rings is 1.